The van der Waals surface area contributed by atoms with Crippen molar-refractivity contribution in [3.63, 3.8) is 0 Å². The highest BCUT2D eigenvalue weighted by Gasteiger charge is 2.42. The van der Waals surface area contributed by atoms with Crippen LogP contribution >= 0.6 is 0 Å². The highest BCUT2D eigenvalue weighted by Crippen LogP contribution is 2.48. The zero-order valence-electron chi connectivity index (χ0n) is 20.1. The molecule has 2 aliphatic carbocycles. The van der Waals surface area contributed by atoms with Crippen LogP contribution in [0.3, 0.4) is 0 Å². The fourth-order valence-electron chi connectivity index (χ4n) is 4.98. The summed E-state index contributed by atoms with van der Waals surface area (Å²) in [6.45, 7) is 7.41. The molecule has 182 valence electrons. The summed E-state index contributed by atoms with van der Waals surface area (Å²) in [5, 5.41) is 19.4. The van der Waals surface area contributed by atoms with Crippen LogP contribution in [0.2, 0.25) is 0 Å². The first kappa shape index (κ1) is 23.3. The fourth-order valence-corrected chi connectivity index (χ4v) is 4.98. The SMILES string of the molecule is C=Cc1cc(Oc2c(C3CC3)nc(N3CCN(C(=O)CCO)C(C4CC4)C3)c(C#N)c2C)ccn1. The lowest BCUT2D eigenvalue weighted by atomic mass is 10.0. The van der Waals surface area contributed by atoms with Crippen LogP contribution in [0, 0.1) is 24.2 Å². The van der Waals surface area contributed by atoms with Crippen LogP contribution < -0.4 is 9.64 Å². The van der Waals surface area contributed by atoms with Crippen molar-refractivity contribution < 1.29 is 14.6 Å². The number of aliphatic hydroxyl groups excluding tert-OH is 1. The molecule has 5 rings (SSSR count). The van der Waals surface area contributed by atoms with Crippen molar-refractivity contribution in [2.45, 2.75) is 51.0 Å². The van der Waals surface area contributed by atoms with Gasteiger partial charge in [0.1, 0.15) is 23.2 Å². The summed E-state index contributed by atoms with van der Waals surface area (Å²) in [7, 11) is 0. The number of carbonyl (C=O) groups is 1. The number of carbonyl (C=O) groups excluding carboxylic acids is 1. The summed E-state index contributed by atoms with van der Waals surface area (Å²) in [6, 6.07) is 6.10. The van der Waals surface area contributed by atoms with Crippen LogP contribution in [0.15, 0.2) is 24.9 Å². The van der Waals surface area contributed by atoms with Gasteiger partial charge in [-0.1, -0.05) is 6.58 Å². The van der Waals surface area contributed by atoms with Gasteiger partial charge in [0.25, 0.3) is 0 Å². The van der Waals surface area contributed by atoms with Crippen LogP contribution in [-0.2, 0) is 4.79 Å². The summed E-state index contributed by atoms with van der Waals surface area (Å²) in [4.78, 5) is 26.0. The molecule has 1 saturated heterocycles. The molecule has 2 aromatic rings. The molecule has 0 radical (unpaired) electrons. The van der Waals surface area contributed by atoms with E-state index >= 15 is 0 Å². The summed E-state index contributed by atoms with van der Waals surface area (Å²) in [5.41, 5.74) is 2.93. The van der Waals surface area contributed by atoms with Gasteiger partial charge < -0.3 is 19.6 Å². The topological polar surface area (TPSA) is 103 Å². The third-order valence-electron chi connectivity index (χ3n) is 7.19. The van der Waals surface area contributed by atoms with Crippen molar-refractivity contribution in [3.05, 3.63) is 47.4 Å². The first-order chi connectivity index (χ1) is 17.0. The standard InChI is InChI=1S/C27H31N5O3/c1-3-20-14-21(8-10-29-20)35-26-17(2)22(15-28)27(30-25(26)19-6-7-19)31-11-12-32(24(34)9-13-33)23(16-31)18-4-5-18/h3,8,10,14,18-19,23,33H,1,4-7,9,11-13,16H2,2H3. The third kappa shape index (κ3) is 4.73. The number of nitriles is 1. The summed E-state index contributed by atoms with van der Waals surface area (Å²) in [5.74, 6) is 2.80. The van der Waals surface area contributed by atoms with E-state index in [1.165, 1.54) is 0 Å². The second-order valence-electron chi connectivity index (χ2n) is 9.67. The molecule has 8 heteroatoms. The Balaban J connectivity index is 1.49. The summed E-state index contributed by atoms with van der Waals surface area (Å²) >= 11 is 0. The van der Waals surface area contributed by atoms with Gasteiger partial charge in [-0.05, 0) is 50.7 Å². The van der Waals surface area contributed by atoms with Crippen molar-refractivity contribution in [3.8, 4) is 17.6 Å². The minimum Gasteiger partial charge on any atom is -0.455 e. The minimum atomic E-state index is -0.131. The van der Waals surface area contributed by atoms with E-state index in [1.807, 2.05) is 17.9 Å². The second kappa shape index (κ2) is 9.67. The maximum atomic E-state index is 12.6. The predicted octanol–water partition coefficient (Wildman–Crippen LogP) is 3.78. The molecule has 3 aliphatic rings. The van der Waals surface area contributed by atoms with E-state index in [0.29, 0.717) is 54.4 Å². The zero-order valence-corrected chi connectivity index (χ0v) is 20.1. The molecule has 1 atom stereocenters. The normalized spacial score (nSPS) is 19.9. The van der Waals surface area contributed by atoms with Crippen LogP contribution in [0.4, 0.5) is 5.82 Å². The Hall–Kier alpha value is -3.44. The summed E-state index contributed by atoms with van der Waals surface area (Å²) in [6.07, 6.45) is 7.83. The summed E-state index contributed by atoms with van der Waals surface area (Å²) < 4.78 is 6.32. The van der Waals surface area contributed by atoms with Gasteiger partial charge in [-0.3, -0.25) is 9.78 Å². The highest BCUT2D eigenvalue weighted by molar-refractivity contribution is 5.77. The zero-order chi connectivity index (χ0) is 24.5. The van der Waals surface area contributed by atoms with Gasteiger partial charge >= 0.3 is 0 Å². The van der Waals surface area contributed by atoms with Gasteiger partial charge in [0.2, 0.25) is 5.91 Å². The van der Waals surface area contributed by atoms with Crippen molar-refractivity contribution >= 4 is 17.8 Å². The number of ether oxygens (including phenoxy) is 1. The Morgan fingerprint density at radius 3 is 2.80 bits per heavy atom. The Morgan fingerprint density at radius 1 is 1.34 bits per heavy atom. The molecule has 1 N–H and O–H groups in total. The molecular formula is C27H31N5O3. The molecule has 1 amide bonds. The van der Waals surface area contributed by atoms with Gasteiger partial charge in [0, 0.05) is 49.8 Å². The Morgan fingerprint density at radius 2 is 2.14 bits per heavy atom. The van der Waals surface area contributed by atoms with Crippen LogP contribution in [0.1, 0.15) is 60.5 Å². The van der Waals surface area contributed by atoms with Gasteiger partial charge in [0.15, 0.2) is 5.75 Å². The molecule has 1 unspecified atom stereocenters. The van der Waals surface area contributed by atoms with E-state index in [-0.39, 0.29) is 25.0 Å². The molecule has 8 nitrogen and oxygen atoms in total. The van der Waals surface area contributed by atoms with Crippen molar-refractivity contribution in [2.24, 2.45) is 5.92 Å². The molecule has 0 spiro atoms. The molecule has 0 aromatic carbocycles. The molecule has 0 bridgehead atoms. The van der Waals surface area contributed by atoms with E-state index < -0.39 is 0 Å². The first-order valence-corrected chi connectivity index (χ1v) is 12.4. The Bertz CT molecular complexity index is 1180. The number of piperazine rings is 1. The smallest absolute Gasteiger partial charge is 0.225 e. The van der Waals surface area contributed by atoms with Gasteiger partial charge in [-0.15, -0.1) is 0 Å². The minimum absolute atomic E-state index is 0.00681. The Kier molecular flexibility index (Phi) is 6.44. The number of nitrogens with zero attached hydrogens (tertiary/aromatic N) is 5. The van der Waals surface area contributed by atoms with Crippen LogP contribution in [0.25, 0.3) is 6.08 Å². The lowest BCUT2D eigenvalue weighted by Crippen LogP contribution is -2.56. The number of hydrogen-bond donors (Lipinski definition) is 1. The lowest BCUT2D eigenvalue weighted by molar-refractivity contribution is -0.135. The van der Waals surface area contributed by atoms with Crippen LogP contribution in [0.5, 0.6) is 11.5 Å². The monoisotopic (exact) mass is 473 g/mol. The molecular weight excluding hydrogens is 442 g/mol. The number of anilines is 1. The number of rotatable bonds is 8. The van der Waals surface area contributed by atoms with Gasteiger partial charge in [0.05, 0.1) is 24.0 Å². The second-order valence-corrected chi connectivity index (χ2v) is 9.67. The third-order valence-corrected chi connectivity index (χ3v) is 7.19. The number of aliphatic hydroxyl groups is 1. The molecule has 1 aliphatic heterocycles. The van der Waals surface area contributed by atoms with Crippen molar-refractivity contribution in [1.82, 2.24) is 14.9 Å². The maximum absolute atomic E-state index is 12.6. The largest absolute Gasteiger partial charge is 0.455 e. The average Bonchev–Trinajstić information content (AvgIpc) is 3.78. The maximum Gasteiger partial charge on any atom is 0.225 e. The predicted molar refractivity (Wildman–Crippen MR) is 132 cm³/mol. The van der Waals surface area contributed by atoms with Crippen molar-refractivity contribution in [1.29, 1.82) is 5.26 Å². The van der Waals surface area contributed by atoms with E-state index in [9.17, 15) is 15.2 Å². The lowest BCUT2D eigenvalue weighted by Gasteiger charge is -2.42. The molecule has 3 heterocycles. The van der Waals surface area contributed by atoms with E-state index in [2.05, 4.69) is 22.5 Å². The molecule has 3 fully saturated rings. The first-order valence-electron chi connectivity index (χ1n) is 12.4. The number of pyridine rings is 2. The quantitative estimate of drug-likeness (QED) is 0.622. The van der Waals surface area contributed by atoms with Gasteiger partial charge in [-0.2, -0.15) is 5.26 Å². The fraction of sp³-hybridized carbons (Fsp3) is 0.481. The van der Waals surface area contributed by atoms with E-state index in [1.54, 1.807) is 18.3 Å². The molecule has 2 aromatic heterocycles. The molecule has 2 saturated carbocycles. The number of aromatic nitrogens is 2. The average molecular weight is 474 g/mol. The molecule has 35 heavy (non-hydrogen) atoms. The van der Waals surface area contributed by atoms with Gasteiger partial charge in [-0.25, -0.2) is 4.98 Å². The Labute approximate surface area is 205 Å². The van der Waals surface area contributed by atoms with E-state index in [4.69, 9.17) is 9.72 Å². The van der Waals surface area contributed by atoms with E-state index in [0.717, 1.165) is 42.6 Å². The highest BCUT2D eigenvalue weighted by atomic mass is 16.5. The number of amides is 1. The van der Waals surface area contributed by atoms with Crippen molar-refractivity contribution in [2.75, 3.05) is 31.1 Å². The number of hydrogen-bond acceptors (Lipinski definition) is 7. The van der Waals surface area contributed by atoms with Crippen LogP contribution in [-0.4, -0.2) is 58.2 Å².